The molecule has 2 amide bonds. The maximum Gasteiger partial charge on any atom is 0.246 e. The fourth-order valence-corrected chi connectivity index (χ4v) is 5.78. The number of fused-ring (bicyclic) bond motifs is 4. The summed E-state index contributed by atoms with van der Waals surface area (Å²) in [4.78, 5) is 34.7. The molecule has 38 heavy (non-hydrogen) atoms. The predicted octanol–water partition coefficient (Wildman–Crippen LogP) is 4.08. The van der Waals surface area contributed by atoms with Gasteiger partial charge in [-0.15, -0.1) is 0 Å². The van der Waals surface area contributed by atoms with Crippen LogP contribution in [0.1, 0.15) is 28.4 Å². The highest BCUT2D eigenvalue weighted by Gasteiger charge is 2.48. The van der Waals surface area contributed by atoms with Crippen LogP contribution in [0, 0.1) is 0 Å². The first kappa shape index (κ1) is 23.9. The molecule has 2 aliphatic rings. The summed E-state index contributed by atoms with van der Waals surface area (Å²) in [6, 6.07) is 20.2. The van der Waals surface area contributed by atoms with Gasteiger partial charge in [0.15, 0.2) is 11.5 Å². The minimum absolute atomic E-state index is 0.0146. The summed E-state index contributed by atoms with van der Waals surface area (Å²) in [5, 5.41) is 1.07. The van der Waals surface area contributed by atoms with Gasteiger partial charge in [0.2, 0.25) is 11.8 Å². The normalized spacial score (nSPS) is 18.8. The lowest BCUT2D eigenvalue weighted by atomic mass is 9.86. The topological polar surface area (TPSA) is 84.1 Å². The lowest BCUT2D eigenvalue weighted by Gasteiger charge is -2.47. The average molecular weight is 512 g/mol. The van der Waals surface area contributed by atoms with E-state index in [1.54, 1.807) is 31.1 Å². The first-order chi connectivity index (χ1) is 18.5. The van der Waals surface area contributed by atoms with Crippen molar-refractivity contribution in [2.24, 2.45) is 0 Å². The van der Waals surface area contributed by atoms with E-state index in [2.05, 4.69) is 11.1 Å². The van der Waals surface area contributed by atoms with Crippen molar-refractivity contribution in [3.8, 4) is 17.2 Å². The number of carbonyl (C=O) groups is 2. The molecule has 4 aromatic rings. The van der Waals surface area contributed by atoms with Crippen molar-refractivity contribution < 1.29 is 23.8 Å². The molecule has 1 aromatic heterocycles. The van der Waals surface area contributed by atoms with Crippen molar-refractivity contribution in [2.45, 2.75) is 25.0 Å². The molecule has 0 saturated carbocycles. The molecular weight excluding hydrogens is 482 g/mol. The van der Waals surface area contributed by atoms with Crippen LogP contribution in [0.4, 0.5) is 0 Å². The number of amides is 2. The van der Waals surface area contributed by atoms with Crippen LogP contribution in [-0.2, 0) is 22.6 Å². The van der Waals surface area contributed by atoms with Crippen molar-refractivity contribution in [2.75, 3.05) is 27.9 Å². The number of aromatic nitrogens is 1. The van der Waals surface area contributed by atoms with Crippen LogP contribution in [0.5, 0.6) is 17.2 Å². The number of ether oxygens (including phenoxy) is 3. The van der Waals surface area contributed by atoms with Crippen molar-refractivity contribution >= 4 is 22.7 Å². The third-order valence-corrected chi connectivity index (χ3v) is 7.60. The SMILES string of the molecule is COc1ccc(CN2CC(=O)N3C(c4ccc(OC)c(OC)c4)c4[nH]c5ccccc5c4C[C@H]3C2=O)cc1. The average Bonchev–Trinajstić information content (AvgIpc) is 3.33. The van der Waals surface area contributed by atoms with Gasteiger partial charge in [-0.3, -0.25) is 9.59 Å². The summed E-state index contributed by atoms with van der Waals surface area (Å²) >= 11 is 0. The standard InChI is InChI=1S/C30H29N3O5/c1-36-20-11-8-18(9-12-20)16-32-17-27(34)33-24(30(32)35)15-22-21-6-4-5-7-23(21)31-28(22)29(33)19-10-13-25(37-2)26(14-19)38-3/h4-14,24,29,31H,15-17H2,1-3H3/t24-,29?/m0/s1. The minimum atomic E-state index is -0.612. The third kappa shape index (κ3) is 3.84. The third-order valence-electron chi connectivity index (χ3n) is 7.60. The van der Waals surface area contributed by atoms with Gasteiger partial charge in [0.1, 0.15) is 18.3 Å². The highest BCUT2D eigenvalue weighted by atomic mass is 16.5. The van der Waals surface area contributed by atoms with Crippen LogP contribution >= 0.6 is 0 Å². The monoisotopic (exact) mass is 511 g/mol. The molecule has 1 fully saturated rings. The molecule has 2 aliphatic heterocycles. The van der Waals surface area contributed by atoms with Gasteiger partial charge in [-0.2, -0.15) is 0 Å². The quantitative estimate of drug-likeness (QED) is 0.422. The van der Waals surface area contributed by atoms with E-state index in [-0.39, 0.29) is 18.4 Å². The summed E-state index contributed by atoms with van der Waals surface area (Å²) < 4.78 is 16.3. The number of methoxy groups -OCH3 is 3. The van der Waals surface area contributed by atoms with Crippen LogP contribution < -0.4 is 14.2 Å². The molecule has 1 unspecified atom stereocenters. The molecule has 0 aliphatic carbocycles. The summed E-state index contributed by atoms with van der Waals surface area (Å²) in [6.45, 7) is 0.376. The molecule has 0 bridgehead atoms. The molecule has 194 valence electrons. The zero-order valence-electron chi connectivity index (χ0n) is 21.6. The number of rotatable bonds is 6. The van der Waals surface area contributed by atoms with Crippen molar-refractivity contribution in [3.05, 3.63) is 89.1 Å². The van der Waals surface area contributed by atoms with Gasteiger partial charge in [0.05, 0.1) is 27.4 Å². The zero-order chi connectivity index (χ0) is 26.4. The number of hydrogen-bond donors (Lipinski definition) is 1. The zero-order valence-corrected chi connectivity index (χ0v) is 21.6. The number of aromatic amines is 1. The Morgan fingerprint density at radius 3 is 2.39 bits per heavy atom. The molecule has 8 nitrogen and oxygen atoms in total. The minimum Gasteiger partial charge on any atom is -0.497 e. The Kier molecular flexibility index (Phi) is 5.94. The number of hydrogen-bond acceptors (Lipinski definition) is 5. The summed E-state index contributed by atoms with van der Waals surface area (Å²) in [6.07, 6.45) is 0.451. The first-order valence-electron chi connectivity index (χ1n) is 12.6. The van der Waals surface area contributed by atoms with Crippen molar-refractivity contribution in [1.82, 2.24) is 14.8 Å². The second kappa shape index (κ2) is 9.45. The Bertz CT molecular complexity index is 1530. The summed E-state index contributed by atoms with van der Waals surface area (Å²) in [7, 11) is 4.80. The van der Waals surface area contributed by atoms with Crippen LogP contribution in [0.3, 0.4) is 0 Å². The largest absolute Gasteiger partial charge is 0.497 e. The first-order valence-corrected chi connectivity index (χ1v) is 12.6. The maximum absolute atomic E-state index is 14.0. The van der Waals surface area contributed by atoms with Gasteiger partial charge in [-0.05, 0) is 47.0 Å². The summed E-state index contributed by atoms with van der Waals surface area (Å²) in [5.41, 5.74) is 4.77. The Balaban J connectivity index is 1.43. The number of nitrogens with zero attached hydrogens (tertiary/aromatic N) is 2. The maximum atomic E-state index is 14.0. The highest BCUT2D eigenvalue weighted by molar-refractivity contribution is 5.97. The van der Waals surface area contributed by atoms with Crippen LogP contribution in [-0.4, -0.2) is 60.5 Å². The molecular formula is C30H29N3O5. The van der Waals surface area contributed by atoms with E-state index in [1.165, 1.54) is 0 Å². The van der Waals surface area contributed by atoms with Gasteiger partial charge in [-0.1, -0.05) is 36.4 Å². The molecule has 0 spiro atoms. The van der Waals surface area contributed by atoms with E-state index >= 15 is 0 Å². The lowest BCUT2D eigenvalue weighted by molar-refractivity contribution is -0.159. The molecule has 2 atom stereocenters. The number of carbonyl (C=O) groups excluding carboxylic acids is 2. The Morgan fingerprint density at radius 1 is 0.895 bits per heavy atom. The molecule has 1 saturated heterocycles. The number of H-pyrrole nitrogens is 1. The lowest BCUT2D eigenvalue weighted by Crippen LogP contribution is -2.62. The van der Waals surface area contributed by atoms with Gasteiger partial charge < -0.3 is 29.0 Å². The van der Waals surface area contributed by atoms with E-state index in [1.807, 2.05) is 60.7 Å². The molecule has 1 N–H and O–H groups in total. The molecule has 6 rings (SSSR count). The number of para-hydroxylation sites is 1. The van der Waals surface area contributed by atoms with Gasteiger partial charge in [0, 0.05) is 29.6 Å². The second-order valence-corrected chi connectivity index (χ2v) is 9.64. The van der Waals surface area contributed by atoms with Gasteiger partial charge in [0.25, 0.3) is 0 Å². The molecule has 3 heterocycles. The second-order valence-electron chi connectivity index (χ2n) is 9.64. The van der Waals surface area contributed by atoms with E-state index in [0.717, 1.165) is 39.0 Å². The van der Waals surface area contributed by atoms with Crippen LogP contribution in [0.15, 0.2) is 66.7 Å². The highest BCUT2D eigenvalue weighted by Crippen LogP contribution is 2.44. The fourth-order valence-electron chi connectivity index (χ4n) is 5.78. The summed E-state index contributed by atoms with van der Waals surface area (Å²) in [5.74, 6) is 1.78. The van der Waals surface area contributed by atoms with Gasteiger partial charge >= 0.3 is 0 Å². The van der Waals surface area contributed by atoms with Crippen LogP contribution in [0.25, 0.3) is 10.9 Å². The molecule has 8 heteroatoms. The van der Waals surface area contributed by atoms with Crippen LogP contribution in [0.2, 0.25) is 0 Å². The molecule has 3 aromatic carbocycles. The fraction of sp³-hybridized carbons (Fsp3) is 0.267. The Morgan fingerprint density at radius 2 is 1.66 bits per heavy atom. The smallest absolute Gasteiger partial charge is 0.246 e. The van der Waals surface area contributed by atoms with Crippen molar-refractivity contribution in [3.63, 3.8) is 0 Å². The Hall–Kier alpha value is -4.46. The molecule has 0 radical (unpaired) electrons. The number of piperazine rings is 1. The number of benzene rings is 3. The van der Waals surface area contributed by atoms with E-state index in [0.29, 0.717) is 24.5 Å². The number of nitrogens with one attached hydrogen (secondary N) is 1. The Labute approximate surface area is 220 Å². The van der Waals surface area contributed by atoms with E-state index in [9.17, 15) is 9.59 Å². The predicted molar refractivity (Wildman–Crippen MR) is 142 cm³/mol. The van der Waals surface area contributed by atoms with E-state index in [4.69, 9.17) is 14.2 Å². The van der Waals surface area contributed by atoms with Crippen molar-refractivity contribution in [1.29, 1.82) is 0 Å². The van der Waals surface area contributed by atoms with Gasteiger partial charge in [-0.25, -0.2) is 0 Å². The van der Waals surface area contributed by atoms with E-state index < -0.39 is 12.1 Å².